The number of hydrogen-bond donors (Lipinski definition) is 2. The van der Waals surface area contributed by atoms with Gasteiger partial charge in [0.15, 0.2) is 0 Å². The molecular formula is C18H26N2O. The number of carbonyl (C=O) groups is 1. The van der Waals surface area contributed by atoms with Crippen LogP contribution in [0.2, 0.25) is 0 Å². The number of anilines is 1. The number of nitrogens with two attached hydrogens (primary N) is 1. The van der Waals surface area contributed by atoms with Gasteiger partial charge in [-0.05, 0) is 48.3 Å². The van der Waals surface area contributed by atoms with Gasteiger partial charge >= 0.3 is 0 Å². The number of amides is 1. The Labute approximate surface area is 127 Å². The monoisotopic (exact) mass is 286 g/mol. The Kier molecular flexibility index (Phi) is 4.29. The Morgan fingerprint density at radius 2 is 2.00 bits per heavy atom. The lowest BCUT2D eigenvalue weighted by Gasteiger charge is -2.31. The lowest BCUT2D eigenvalue weighted by atomic mass is 9.79. The first-order valence-electron chi connectivity index (χ1n) is 8.40. The average molecular weight is 286 g/mol. The van der Waals surface area contributed by atoms with Crippen LogP contribution in [-0.2, 0) is 17.6 Å². The number of hydrogen-bond acceptors (Lipinski definition) is 2. The second kappa shape index (κ2) is 6.18. The summed E-state index contributed by atoms with van der Waals surface area (Å²) in [6.07, 6.45) is 8.83. The van der Waals surface area contributed by atoms with Crippen molar-refractivity contribution < 1.29 is 4.79 Å². The highest BCUT2D eigenvalue weighted by molar-refractivity contribution is 5.95. The molecule has 0 spiro atoms. The van der Waals surface area contributed by atoms with Crippen molar-refractivity contribution in [2.45, 2.75) is 64.3 Å². The van der Waals surface area contributed by atoms with E-state index in [0.29, 0.717) is 12.3 Å². The summed E-state index contributed by atoms with van der Waals surface area (Å²) < 4.78 is 0. The number of aryl methyl sites for hydroxylation is 2. The summed E-state index contributed by atoms with van der Waals surface area (Å²) in [5, 5.41) is 3.08. The molecule has 0 aromatic heterocycles. The van der Waals surface area contributed by atoms with E-state index in [9.17, 15) is 4.79 Å². The lowest BCUT2D eigenvalue weighted by Crippen LogP contribution is -2.28. The van der Waals surface area contributed by atoms with E-state index in [2.05, 4.69) is 24.4 Å². The zero-order valence-corrected chi connectivity index (χ0v) is 13.0. The summed E-state index contributed by atoms with van der Waals surface area (Å²) in [6.45, 7) is 2.18. The fourth-order valence-electron chi connectivity index (χ4n) is 3.81. The van der Waals surface area contributed by atoms with Crippen molar-refractivity contribution in [1.82, 2.24) is 0 Å². The van der Waals surface area contributed by atoms with Crippen LogP contribution in [0.4, 0.5) is 5.69 Å². The predicted molar refractivity (Wildman–Crippen MR) is 86.3 cm³/mol. The number of carbonyl (C=O) groups excluding carboxylic acids is 1. The topological polar surface area (TPSA) is 55.1 Å². The third-order valence-corrected chi connectivity index (χ3v) is 5.12. The highest BCUT2D eigenvalue weighted by Gasteiger charge is 2.27. The average Bonchev–Trinajstić information content (AvgIpc) is 2.54. The molecular weight excluding hydrogens is 260 g/mol. The predicted octanol–water partition coefficient (Wildman–Crippen LogP) is 3.71. The Balaban J connectivity index is 1.97. The van der Waals surface area contributed by atoms with Crippen molar-refractivity contribution in [2.24, 2.45) is 11.7 Å². The molecule has 0 bridgehead atoms. The summed E-state index contributed by atoms with van der Waals surface area (Å²) in [6, 6.07) is 4.53. The molecule has 1 aliphatic carbocycles. The molecule has 1 heterocycles. The highest BCUT2D eigenvalue weighted by atomic mass is 16.1. The molecule has 1 aliphatic heterocycles. The van der Waals surface area contributed by atoms with Gasteiger partial charge in [0.05, 0.1) is 0 Å². The van der Waals surface area contributed by atoms with E-state index in [1.54, 1.807) is 0 Å². The third kappa shape index (κ3) is 2.98. The van der Waals surface area contributed by atoms with E-state index in [0.717, 1.165) is 18.5 Å². The highest BCUT2D eigenvalue weighted by Crippen LogP contribution is 2.39. The molecule has 3 rings (SSSR count). The van der Waals surface area contributed by atoms with Crippen molar-refractivity contribution in [3.8, 4) is 0 Å². The molecule has 1 aromatic rings. The van der Waals surface area contributed by atoms with Crippen LogP contribution in [0.1, 0.15) is 68.2 Å². The zero-order valence-electron chi connectivity index (χ0n) is 13.0. The minimum Gasteiger partial charge on any atom is -0.326 e. The molecule has 1 amide bonds. The van der Waals surface area contributed by atoms with Gasteiger partial charge in [0.25, 0.3) is 0 Å². The Morgan fingerprint density at radius 3 is 2.71 bits per heavy atom. The van der Waals surface area contributed by atoms with Crippen LogP contribution in [0, 0.1) is 5.92 Å². The maximum atomic E-state index is 11.8. The van der Waals surface area contributed by atoms with Crippen LogP contribution in [0.15, 0.2) is 12.1 Å². The van der Waals surface area contributed by atoms with Gasteiger partial charge in [0, 0.05) is 18.2 Å². The normalized spacial score (nSPS) is 20.8. The van der Waals surface area contributed by atoms with Crippen LogP contribution >= 0.6 is 0 Å². The SMILES string of the molecule is CCc1cc2c(c(C(N)C3CCCCC3)c1)NC(=O)CC2. The van der Waals surface area contributed by atoms with Crippen LogP contribution < -0.4 is 11.1 Å². The second-order valence-corrected chi connectivity index (χ2v) is 6.54. The molecule has 3 heteroatoms. The Hall–Kier alpha value is -1.35. The number of benzene rings is 1. The maximum absolute atomic E-state index is 11.8. The van der Waals surface area contributed by atoms with Crippen LogP contribution in [0.3, 0.4) is 0 Å². The lowest BCUT2D eigenvalue weighted by molar-refractivity contribution is -0.116. The Morgan fingerprint density at radius 1 is 1.24 bits per heavy atom. The van der Waals surface area contributed by atoms with Crippen molar-refractivity contribution in [3.05, 3.63) is 28.8 Å². The summed E-state index contributed by atoms with van der Waals surface area (Å²) in [7, 11) is 0. The van der Waals surface area contributed by atoms with Gasteiger partial charge in [-0.15, -0.1) is 0 Å². The van der Waals surface area contributed by atoms with Crippen LogP contribution in [0.25, 0.3) is 0 Å². The minimum absolute atomic E-state index is 0.0592. The van der Waals surface area contributed by atoms with Gasteiger partial charge in [-0.2, -0.15) is 0 Å². The molecule has 0 radical (unpaired) electrons. The largest absolute Gasteiger partial charge is 0.326 e. The molecule has 3 N–H and O–H groups in total. The van der Waals surface area contributed by atoms with E-state index < -0.39 is 0 Å². The van der Waals surface area contributed by atoms with Crippen molar-refractivity contribution in [1.29, 1.82) is 0 Å². The van der Waals surface area contributed by atoms with E-state index in [-0.39, 0.29) is 11.9 Å². The van der Waals surface area contributed by atoms with Gasteiger partial charge in [-0.3, -0.25) is 4.79 Å². The van der Waals surface area contributed by atoms with Gasteiger partial charge < -0.3 is 11.1 Å². The molecule has 114 valence electrons. The fraction of sp³-hybridized carbons (Fsp3) is 0.611. The van der Waals surface area contributed by atoms with Gasteiger partial charge in [-0.25, -0.2) is 0 Å². The first-order chi connectivity index (χ1) is 10.2. The molecule has 21 heavy (non-hydrogen) atoms. The number of nitrogens with one attached hydrogen (secondary N) is 1. The number of rotatable bonds is 3. The standard InChI is InChI=1S/C18H26N2O/c1-2-12-10-14-8-9-16(21)20-18(14)15(11-12)17(19)13-6-4-3-5-7-13/h10-11,13,17H,2-9,19H2,1H3,(H,20,21). The summed E-state index contributed by atoms with van der Waals surface area (Å²) in [5.74, 6) is 0.692. The van der Waals surface area contributed by atoms with E-state index in [4.69, 9.17) is 5.73 Å². The van der Waals surface area contributed by atoms with E-state index in [1.165, 1.54) is 48.8 Å². The maximum Gasteiger partial charge on any atom is 0.224 e. The quantitative estimate of drug-likeness (QED) is 0.890. The first kappa shape index (κ1) is 14.6. The molecule has 1 saturated carbocycles. The molecule has 1 aromatic carbocycles. The first-order valence-corrected chi connectivity index (χ1v) is 8.40. The van der Waals surface area contributed by atoms with Crippen molar-refractivity contribution in [3.63, 3.8) is 0 Å². The smallest absolute Gasteiger partial charge is 0.224 e. The molecule has 1 atom stereocenters. The summed E-state index contributed by atoms with van der Waals surface area (Å²) in [5.41, 5.74) is 11.4. The van der Waals surface area contributed by atoms with Crippen molar-refractivity contribution >= 4 is 11.6 Å². The molecule has 1 unspecified atom stereocenters. The number of fused-ring (bicyclic) bond motifs is 1. The molecule has 3 nitrogen and oxygen atoms in total. The molecule has 0 saturated heterocycles. The van der Waals surface area contributed by atoms with Gasteiger partial charge in [0.1, 0.15) is 0 Å². The minimum atomic E-state index is 0.0592. The second-order valence-electron chi connectivity index (χ2n) is 6.54. The van der Waals surface area contributed by atoms with E-state index in [1.807, 2.05) is 0 Å². The fourth-order valence-corrected chi connectivity index (χ4v) is 3.81. The summed E-state index contributed by atoms with van der Waals surface area (Å²) >= 11 is 0. The van der Waals surface area contributed by atoms with E-state index >= 15 is 0 Å². The van der Waals surface area contributed by atoms with Crippen molar-refractivity contribution in [2.75, 3.05) is 5.32 Å². The molecule has 1 fully saturated rings. The third-order valence-electron chi connectivity index (χ3n) is 5.12. The van der Waals surface area contributed by atoms with Crippen LogP contribution in [0.5, 0.6) is 0 Å². The molecule has 2 aliphatic rings. The van der Waals surface area contributed by atoms with Crippen LogP contribution in [-0.4, -0.2) is 5.91 Å². The zero-order chi connectivity index (χ0) is 14.8. The Bertz CT molecular complexity index is 532. The van der Waals surface area contributed by atoms with Gasteiger partial charge in [-0.1, -0.05) is 38.3 Å². The van der Waals surface area contributed by atoms with Gasteiger partial charge in [0.2, 0.25) is 5.91 Å². The summed E-state index contributed by atoms with van der Waals surface area (Å²) in [4.78, 5) is 11.8.